The minimum absolute atomic E-state index is 0.0304. The van der Waals surface area contributed by atoms with Crippen molar-refractivity contribution in [1.82, 2.24) is 5.32 Å². The van der Waals surface area contributed by atoms with E-state index in [4.69, 9.17) is 4.74 Å². The normalized spacial score (nSPS) is 19.1. The molecule has 14 heavy (non-hydrogen) atoms. The van der Waals surface area contributed by atoms with Crippen molar-refractivity contribution in [2.75, 3.05) is 19.7 Å². The first-order valence-electron chi connectivity index (χ1n) is 5.48. The number of hydrogen-bond donors (Lipinski definition) is 1. The molecule has 82 valence electrons. The van der Waals surface area contributed by atoms with Crippen LogP contribution < -0.4 is 5.32 Å². The predicted molar refractivity (Wildman–Crippen MR) is 55.9 cm³/mol. The van der Waals surface area contributed by atoms with Crippen molar-refractivity contribution in [3.63, 3.8) is 0 Å². The monoisotopic (exact) mass is 199 g/mol. The minimum Gasteiger partial charge on any atom is -0.465 e. The summed E-state index contributed by atoms with van der Waals surface area (Å²) in [6.45, 7) is 8.71. The fourth-order valence-corrected chi connectivity index (χ4v) is 1.38. The molecule has 1 unspecified atom stereocenters. The average Bonchev–Trinajstić information content (AvgIpc) is 2.00. The van der Waals surface area contributed by atoms with Crippen molar-refractivity contribution in [3.05, 3.63) is 0 Å². The Hall–Kier alpha value is -0.570. The summed E-state index contributed by atoms with van der Waals surface area (Å²) in [7, 11) is 0. The van der Waals surface area contributed by atoms with Crippen LogP contribution in [-0.4, -0.2) is 25.7 Å². The van der Waals surface area contributed by atoms with Crippen molar-refractivity contribution < 1.29 is 9.53 Å². The molecule has 1 saturated heterocycles. The van der Waals surface area contributed by atoms with Crippen LogP contribution in [0.1, 0.15) is 27.2 Å². The van der Waals surface area contributed by atoms with Crippen LogP contribution in [0.5, 0.6) is 0 Å². The van der Waals surface area contributed by atoms with Crippen LogP contribution in [0.15, 0.2) is 0 Å². The van der Waals surface area contributed by atoms with Crippen molar-refractivity contribution in [3.8, 4) is 0 Å². The highest BCUT2D eigenvalue weighted by Gasteiger charge is 2.29. The Labute approximate surface area is 86.2 Å². The van der Waals surface area contributed by atoms with E-state index in [1.165, 1.54) is 0 Å². The van der Waals surface area contributed by atoms with Gasteiger partial charge in [0.25, 0.3) is 0 Å². The summed E-state index contributed by atoms with van der Waals surface area (Å²) < 4.78 is 5.20. The Kier molecular flexibility index (Phi) is 4.39. The van der Waals surface area contributed by atoms with Gasteiger partial charge < -0.3 is 10.1 Å². The molecule has 0 aromatic rings. The summed E-state index contributed by atoms with van der Waals surface area (Å²) in [5, 5.41) is 3.16. The highest BCUT2D eigenvalue weighted by Crippen LogP contribution is 2.17. The molecular formula is C11H21NO2. The molecule has 1 aliphatic heterocycles. The van der Waals surface area contributed by atoms with Gasteiger partial charge in [0.15, 0.2) is 0 Å². The minimum atomic E-state index is -0.0304. The van der Waals surface area contributed by atoms with Gasteiger partial charge in [0.05, 0.1) is 12.5 Å². The molecule has 1 N–H and O–H groups in total. The molecule has 3 nitrogen and oxygen atoms in total. The van der Waals surface area contributed by atoms with Gasteiger partial charge in [-0.3, -0.25) is 4.79 Å². The summed E-state index contributed by atoms with van der Waals surface area (Å²) >= 11 is 0. The van der Waals surface area contributed by atoms with E-state index in [2.05, 4.69) is 19.2 Å². The van der Waals surface area contributed by atoms with E-state index in [9.17, 15) is 4.79 Å². The topological polar surface area (TPSA) is 38.3 Å². The van der Waals surface area contributed by atoms with Gasteiger partial charge in [-0.15, -0.1) is 0 Å². The number of hydrogen-bond acceptors (Lipinski definition) is 3. The van der Waals surface area contributed by atoms with Gasteiger partial charge in [-0.1, -0.05) is 20.8 Å². The average molecular weight is 199 g/mol. The lowest BCUT2D eigenvalue weighted by Crippen LogP contribution is -2.47. The van der Waals surface area contributed by atoms with Crippen LogP contribution in [0.3, 0.4) is 0 Å². The molecule has 0 aromatic carbocycles. The zero-order chi connectivity index (χ0) is 10.6. The lowest BCUT2D eigenvalue weighted by molar-refractivity contribution is -0.150. The molecule has 0 amide bonds. The SMILES string of the molecule is CC(C)CCOC(=O)C(C)C1CNC1. The summed E-state index contributed by atoms with van der Waals surface area (Å²) in [5.74, 6) is 1.12. The predicted octanol–water partition coefficient (Wildman–Crippen LogP) is 1.43. The van der Waals surface area contributed by atoms with E-state index in [-0.39, 0.29) is 11.9 Å². The van der Waals surface area contributed by atoms with Crippen LogP contribution >= 0.6 is 0 Å². The number of carbonyl (C=O) groups excluding carboxylic acids is 1. The van der Waals surface area contributed by atoms with E-state index in [0.717, 1.165) is 19.5 Å². The van der Waals surface area contributed by atoms with Gasteiger partial charge in [0, 0.05) is 0 Å². The molecule has 1 rings (SSSR count). The van der Waals surface area contributed by atoms with Gasteiger partial charge >= 0.3 is 5.97 Å². The number of carbonyl (C=O) groups is 1. The maximum absolute atomic E-state index is 11.5. The van der Waals surface area contributed by atoms with Crippen molar-refractivity contribution in [1.29, 1.82) is 0 Å². The Morgan fingerprint density at radius 2 is 2.07 bits per heavy atom. The second-order valence-electron chi connectivity index (χ2n) is 4.56. The van der Waals surface area contributed by atoms with Crippen molar-refractivity contribution >= 4 is 5.97 Å². The summed E-state index contributed by atoms with van der Waals surface area (Å²) in [4.78, 5) is 11.5. The number of esters is 1. The van der Waals surface area contributed by atoms with Gasteiger partial charge in [0.2, 0.25) is 0 Å². The summed E-state index contributed by atoms with van der Waals surface area (Å²) in [6, 6.07) is 0. The zero-order valence-corrected chi connectivity index (χ0v) is 9.38. The molecule has 0 aromatic heterocycles. The largest absolute Gasteiger partial charge is 0.465 e. The van der Waals surface area contributed by atoms with Gasteiger partial charge in [-0.25, -0.2) is 0 Å². The Morgan fingerprint density at radius 3 is 2.50 bits per heavy atom. The molecule has 0 saturated carbocycles. The first kappa shape index (κ1) is 11.5. The zero-order valence-electron chi connectivity index (χ0n) is 9.38. The molecule has 0 aliphatic carbocycles. The lowest BCUT2D eigenvalue weighted by Gasteiger charge is -2.31. The number of rotatable bonds is 5. The maximum atomic E-state index is 11.5. The van der Waals surface area contributed by atoms with E-state index in [1.807, 2.05) is 6.92 Å². The second-order valence-corrected chi connectivity index (χ2v) is 4.56. The Balaban J connectivity index is 2.13. The van der Waals surface area contributed by atoms with Crippen molar-refractivity contribution in [2.45, 2.75) is 27.2 Å². The van der Waals surface area contributed by atoms with Gasteiger partial charge in [-0.2, -0.15) is 0 Å². The first-order chi connectivity index (χ1) is 6.61. The Bertz CT molecular complexity index is 188. The molecule has 0 radical (unpaired) electrons. The fourth-order valence-electron chi connectivity index (χ4n) is 1.38. The fraction of sp³-hybridized carbons (Fsp3) is 0.909. The van der Waals surface area contributed by atoms with Crippen LogP contribution in [0.25, 0.3) is 0 Å². The molecule has 0 spiro atoms. The highest BCUT2D eigenvalue weighted by molar-refractivity contribution is 5.72. The lowest BCUT2D eigenvalue weighted by atomic mass is 9.89. The highest BCUT2D eigenvalue weighted by atomic mass is 16.5. The third-order valence-corrected chi connectivity index (χ3v) is 2.83. The van der Waals surface area contributed by atoms with Crippen molar-refractivity contribution in [2.24, 2.45) is 17.8 Å². The smallest absolute Gasteiger partial charge is 0.309 e. The second kappa shape index (κ2) is 5.35. The molecule has 1 fully saturated rings. The van der Waals surface area contributed by atoms with E-state index < -0.39 is 0 Å². The van der Waals surface area contributed by atoms with E-state index >= 15 is 0 Å². The van der Waals surface area contributed by atoms with Gasteiger partial charge in [-0.05, 0) is 31.3 Å². The van der Waals surface area contributed by atoms with E-state index in [1.54, 1.807) is 0 Å². The summed E-state index contributed by atoms with van der Waals surface area (Å²) in [6.07, 6.45) is 0.960. The molecule has 0 bridgehead atoms. The van der Waals surface area contributed by atoms with Crippen LogP contribution in [-0.2, 0) is 9.53 Å². The van der Waals surface area contributed by atoms with Gasteiger partial charge in [0.1, 0.15) is 0 Å². The van der Waals surface area contributed by atoms with E-state index in [0.29, 0.717) is 18.4 Å². The number of ether oxygens (including phenoxy) is 1. The molecule has 1 aliphatic rings. The van der Waals surface area contributed by atoms with Crippen LogP contribution in [0.4, 0.5) is 0 Å². The number of nitrogens with one attached hydrogen (secondary N) is 1. The summed E-state index contributed by atoms with van der Waals surface area (Å²) in [5.41, 5.74) is 0. The maximum Gasteiger partial charge on any atom is 0.309 e. The first-order valence-corrected chi connectivity index (χ1v) is 5.48. The molecule has 3 heteroatoms. The molecular weight excluding hydrogens is 178 g/mol. The van der Waals surface area contributed by atoms with Crippen LogP contribution in [0.2, 0.25) is 0 Å². The Morgan fingerprint density at radius 1 is 1.43 bits per heavy atom. The standard InChI is InChI=1S/C11H21NO2/c1-8(2)4-5-14-11(13)9(3)10-6-12-7-10/h8-10,12H,4-7H2,1-3H3. The third kappa shape index (κ3) is 3.29. The molecule has 1 heterocycles. The molecule has 1 atom stereocenters. The quantitative estimate of drug-likeness (QED) is 0.681. The van der Waals surface area contributed by atoms with Crippen LogP contribution in [0, 0.1) is 17.8 Å². The third-order valence-electron chi connectivity index (χ3n) is 2.83.